The Morgan fingerprint density at radius 1 is 0.302 bits per heavy atom. The molecule has 0 fully saturated rings. The second-order valence-electron chi connectivity index (χ2n) is 11.0. The standard InChI is InChI=1S/C42H29N/c1-2-18-33(19-3-1)43(34-20-12-17-31(28-34)36-26-13-16-30-14-4-6-21-35(30)36)42-27-11-10-25-40(42)41-29-32-15-5-7-22-37(32)38-23-8-9-24-39(38)41/h1-29H. The van der Waals surface area contributed by atoms with Crippen LogP contribution in [0.5, 0.6) is 0 Å². The van der Waals surface area contributed by atoms with Gasteiger partial charge in [-0.2, -0.15) is 0 Å². The van der Waals surface area contributed by atoms with E-state index in [1.54, 1.807) is 0 Å². The smallest absolute Gasteiger partial charge is 0.0540 e. The normalized spacial score (nSPS) is 11.3. The predicted octanol–water partition coefficient (Wildman–Crippen LogP) is 11.9. The minimum Gasteiger partial charge on any atom is -0.310 e. The van der Waals surface area contributed by atoms with E-state index in [4.69, 9.17) is 0 Å². The Morgan fingerprint density at radius 2 is 0.884 bits per heavy atom. The van der Waals surface area contributed by atoms with Crippen LogP contribution >= 0.6 is 0 Å². The molecule has 0 heterocycles. The molecule has 0 radical (unpaired) electrons. The largest absolute Gasteiger partial charge is 0.310 e. The Hall–Kier alpha value is -5.66. The van der Waals surface area contributed by atoms with E-state index in [1.807, 2.05) is 0 Å². The second-order valence-corrected chi connectivity index (χ2v) is 11.0. The lowest BCUT2D eigenvalue weighted by Crippen LogP contribution is -2.11. The van der Waals surface area contributed by atoms with Crippen molar-refractivity contribution in [2.45, 2.75) is 0 Å². The maximum Gasteiger partial charge on any atom is 0.0540 e. The summed E-state index contributed by atoms with van der Waals surface area (Å²) in [7, 11) is 0. The molecule has 8 aromatic rings. The van der Waals surface area contributed by atoms with Crippen molar-refractivity contribution in [1.29, 1.82) is 0 Å². The Bertz CT molecular complexity index is 2240. The molecule has 0 aromatic heterocycles. The summed E-state index contributed by atoms with van der Waals surface area (Å²) in [6.07, 6.45) is 0. The van der Waals surface area contributed by atoms with E-state index in [-0.39, 0.29) is 0 Å². The molecule has 0 bridgehead atoms. The molecule has 0 aliphatic heterocycles. The highest BCUT2D eigenvalue weighted by molar-refractivity contribution is 6.15. The van der Waals surface area contributed by atoms with Gasteiger partial charge in [0.15, 0.2) is 0 Å². The van der Waals surface area contributed by atoms with Crippen molar-refractivity contribution in [3.8, 4) is 22.3 Å². The third-order valence-corrected chi connectivity index (χ3v) is 8.42. The molecular weight excluding hydrogens is 518 g/mol. The minimum absolute atomic E-state index is 1.12. The minimum atomic E-state index is 1.12. The molecule has 0 saturated heterocycles. The Kier molecular flexibility index (Phi) is 6.20. The van der Waals surface area contributed by atoms with Gasteiger partial charge in [-0.1, -0.05) is 140 Å². The number of rotatable bonds is 5. The van der Waals surface area contributed by atoms with E-state index in [0.717, 1.165) is 17.1 Å². The zero-order valence-corrected chi connectivity index (χ0v) is 23.7. The zero-order valence-electron chi connectivity index (χ0n) is 23.7. The van der Waals surface area contributed by atoms with Gasteiger partial charge in [0.05, 0.1) is 5.69 Å². The van der Waals surface area contributed by atoms with Gasteiger partial charge >= 0.3 is 0 Å². The van der Waals surface area contributed by atoms with Gasteiger partial charge in [0.2, 0.25) is 0 Å². The van der Waals surface area contributed by atoms with E-state index in [9.17, 15) is 0 Å². The molecule has 8 rings (SSSR count). The molecule has 0 amide bonds. The van der Waals surface area contributed by atoms with Gasteiger partial charge in [-0.25, -0.2) is 0 Å². The number of nitrogens with zero attached hydrogens (tertiary/aromatic N) is 1. The Labute approximate surface area is 251 Å². The van der Waals surface area contributed by atoms with Crippen LogP contribution < -0.4 is 4.90 Å². The predicted molar refractivity (Wildman–Crippen MR) is 185 cm³/mol. The van der Waals surface area contributed by atoms with Crippen molar-refractivity contribution in [2.75, 3.05) is 4.90 Å². The van der Waals surface area contributed by atoms with Gasteiger partial charge in [0, 0.05) is 16.9 Å². The van der Waals surface area contributed by atoms with E-state index >= 15 is 0 Å². The summed E-state index contributed by atoms with van der Waals surface area (Å²) in [5.74, 6) is 0. The maximum atomic E-state index is 2.40. The van der Waals surface area contributed by atoms with Crippen molar-refractivity contribution in [2.24, 2.45) is 0 Å². The van der Waals surface area contributed by atoms with Gasteiger partial charge in [-0.15, -0.1) is 0 Å². The molecular formula is C42H29N. The summed E-state index contributed by atoms with van der Waals surface area (Å²) in [4.78, 5) is 2.40. The van der Waals surface area contributed by atoms with Crippen molar-refractivity contribution < 1.29 is 0 Å². The first-order valence-electron chi connectivity index (χ1n) is 14.8. The summed E-state index contributed by atoms with van der Waals surface area (Å²) in [6, 6.07) is 63.5. The van der Waals surface area contributed by atoms with E-state index in [0.29, 0.717) is 0 Å². The molecule has 0 aliphatic rings. The number of benzene rings is 8. The summed E-state index contributed by atoms with van der Waals surface area (Å²) in [6.45, 7) is 0. The average Bonchev–Trinajstić information content (AvgIpc) is 3.09. The van der Waals surface area contributed by atoms with Crippen LogP contribution in [0.4, 0.5) is 17.1 Å². The third-order valence-electron chi connectivity index (χ3n) is 8.42. The highest BCUT2D eigenvalue weighted by atomic mass is 15.1. The van der Waals surface area contributed by atoms with E-state index in [2.05, 4.69) is 181 Å². The van der Waals surface area contributed by atoms with Gasteiger partial charge in [0.25, 0.3) is 0 Å². The number of fused-ring (bicyclic) bond motifs is 4. The van der Waals surface area contributed by atoms with Crippen LogP contribution in [0.1, 0.15) is 0 Å². The van der Waals surface area contributed by atoms with Gasteiger partial charge in [0.1, 0.15) is 0 Å². The lowest BCUT2D eigenvalue weighted by Gasteiger charge is -2.28. The molecule has 0 unspecified atom stereocenters. The van der Waals surface area contributed by atoms with Crippen molar-refractivity contribution >= 4 is 49.4 Å². The lowest BCUT2D eigenvalue weighted by atomic mass is 9.92. The van der Waals surface area contributed by atoms with Crippen LogP contribution in [0.2, 0.25) is 0 Å². The third kappa shape index (κ3) is 4.43. The number of hydrogen-bond donors (Lipinski definition) is 0. The first-order chi connectivity index (χ1) is 21.3. The van der Waals surface area contributed by atoms with Crippen LogP contribution in [0.15, 0.2) is 176 Å². The Morgan fingerprint density at radius 3 is 1.74 bits per heavy atom. The fourth-order valence-electron chi connectivity index (χ4n) is 6.47. The number of anilines is 3. The average molecular weight is 548 g/mol. The van der Waals surface area contributed by atoms with E-state index < -0.39 is 0 Å². The molecule has 8 aromatic carbocycles. The Balaban J connectivity index is 1.37. The first kappa shape index (κ1) is 25.1. The highest BCUT2D eigenvalue weighted by Crippen LogP contribution is 2.44. The second kappa shape index (κ2) is 10.6. The van der Waals surface area contributed by atoms with Crippen LogP contribution in [0.3, 0.4) is 0 Å². The van der Waals surface area contributed by atoms with Crippen molar-refractivity contribution in [1.82, 2.24) is 0 Å². The van der Waals surface area contributed by atoms with Crippen LogP contribution in [-0.2, 0) is 0 Å². The molecule has 43 heavy (non-hydrogen) atoms. The topological polar surface area (TPSA) is 3.24 Å². The summed E-state index contributed by atoms with van der Waals surface area (Å²) >= 11 is 0. The van der Waals surface area contributed by atoms with Gasteiger partial charge < -0.3 is 4.90 Å². The molecule has 0 aliphatic carbocycles. The fourth-order valence-corrected chi connectivity index (χ4v) is 6.47. The number of hydrogen-bond acceptors (Lipinski definition) is 1. The molecule has 0 spiro atoms. The van der Waals surface area contributed by atoms with Crippen molar-refractivity contribution in [3.05, 3.63) is 176 Å². The molecule has 0 saturated carbocycles. The van der Waals surface area contributed by atoms with Crippen molar-refractivity contribution in [3.63, 3.8) is 0 Å². The summed E-state index contributed by atoms with van der Waals surface area (Å²) < 4.78 is 0. The van der Waals surface area contributed by atoms with Crippen LogP contribution in [-0.4, -0.2) is 0 Å². The molecule has 0 atom stereocenters. The zero-order chi connectivity index (χ0) is 28.6. The SMILES string of the molecule is c1ccc(N(c2cccc(-c3cccc4ccccc34)c2)c2ccccc2-c2cc3ccccc3c3ccccc23)cc1. The lowest BCUT2D eigenvalue weighted by molar-refractivity contribution is 1.28. The van der Waals surface area contributed by atoms with Crippen LogP contribution in [0, 0.1) is 0 Å². The fraction of sp³-hybridized carbons (Fsp3) is 0. The molecule has 1 nitrogen and oxygen atoms in total. The first-order valence-corrected chi connectivity index (χ1v) is 14.8. The van der Waals surface area contributed by atoms with Gasteiger partial charge in [-0.05, 0) is 85.4 Å². The molecule has 202 valence electrons. The quantitative estimate of drug-likeness (QED) is 0.194. The monoisotopic (exact) mass is 547 g/mol. The highest BCUT2D eigenvalue weighted by Gasteiger charge is 2.19. The summed E-state index contributed by atoms with van der Waals surface area (Å²) in [5, 5.41) is 7.56. The van der Waals surface area contributed by atoms with Crippen LogP contribution in [0.25, 0.3) is 54.6 Å². The summed E-state index contributed by atoms with van der Waals surface area (Å²) in [5.41, 5.74) is 8.25. The number of para-hydroxylation sites is 2. The molecule has 0 N–H and O–H groups in total. The maximum absolute atomic E-state index is 2.40. The van der Waals surface area contributed by atoms with E-state index in [1.165, 1.54) is 54.6 Å². The van der Waals surface area contributed by atoms with Gasteiger partial charge in [-0.3, -0.25) is 0 Å². The molecule has 1 heteroatoms.